The SMILES string of the molecule is CC=N/C=C\N(CC)c1ccc2oc3ccccc3c2c1. The molecule has 0 bridgehead atoms. The van der Waals surface area contributed by atoms with E-state index in [0.29, 0.717) is 0 Å². The Morgan fingerprint density at radius 1 is 1.10 bits per heavy atom. The van der Waals surface area contributed by atoms with Gasteiger partial charge in [0.1, 0.15) is 11.2 Å². The van der Waals surface area contributed by atoms with Crippen LogP contribution >= 0.6 is 0 Å². The van der Waals surface area contributed by atoms with Crippen LogP contribution in [0.4, 0.5) is 5.69 Å². The van der Waals surface area contributed by atoms with Crippen molar-refractivity contribution < 1.29 is 4.42 Å². The molecule has 3 aromatic rings. The van der Waals surface area contributed by atoms with Crippen LogP contribution in [0.15, 0.2) is 64.3 Å². The highest BCUT2D eigenvalue weighted by Gasteiger charge is 2.08. The number of benzene rings is 2. The van der Waals surface area contributed by atoms with Gasteiger partial charge in [0.2, 0.25) is 0 Å². The van der Waals surface area contributed by atoms with Gasteiger partial charge in [0.05, 0.1) is 0 Å². The number of aliphatic imine (C=N–C) groups is 1. The number of furan rings is 1. The van der Waals surface area contributed by atoms with E-state index < -0.39 is 0 Å². The Balaban J connectivity index is 2.08. The van der Waals surface area contributed by atoms with Crippen LogP contribution in [0.1, 0.15) is 13.8 Å². The molecule has 1 aromatic heterocycles. The van der Waals surface area contributed by atoms with Gasteiger partial charge < -0.3 is 9.32 Å². The smallest absolute Gasteiger partial charge is 0.135 e. The van der Waals surface area contributed by atoms with Gasteiger partial charge in [0.15, 0.2) is 0 Å². The van der Waals surface area contributed by atoms with Gasteiger partial charge in [-0.3, -0.25) is 4.99 Å². The number of rotatable bonds is 4. The molecule has 0 fully saturated rings. The Morgan fingerprint density at radius 2 is 1.90 bits per heavy atom. The topological polar surface area (TPSA) is 28.7 Å². The third-order valence-electron chi connectivity index (χ3n) is 3.51. The molecule has 0 saturated heterocycles. The van der Waals surface area contributed by atoms with Crippen molar-refractivity contribution in [3.8, 4) is 0 Å². The highest BCUT2D eigenvalue weighted by atomic mass is 16.3. The average molecular weight is 278 g/mol. The predicted octanol–water partition coefficient (Wildman–Crippen LogP) is 4.97. The van der Waals surface area contributed by atoms with Crippen molar-refractivity contribution in [3.63, 3.8) is 0 Å². The molecule has 0 aliphatic carbocycles. The van der Waals surface area contributed by atoms with Gasteiger partial charge in [-0.25, -0.2) is 0 Å². The Labute approximate surface area is 124 Å². The van der Waals surface area contributed by atoms with E-state index in [2.05, 4.69) is 35.0 Å². The van der Waals surface area contributed by atoms with E-state index in [1.54, 1.807) is 12.4 Å². The first-order valence-electron chi connectivity index (χ1n) is 7.16. The fraction of sp³-hybridized carbons (Fsp3) is 0.167. The van der Waals surface area contributed by atoms with E-state index >= 15 is 0 Å². The van der Waals surface area contributed by atoms with Gasteiger partial charge >= 0.3 is 0 Å². The van der Waals surface area contributed by atoms with Crippen molar-refractivity contribution in [2.24, 2.45) is 4.99 Å². The third kappa shape index (κ3) is 2.55. The molecule has 106 valence electrons. The lowest BCUT2D eigenvalue weighted by atomic mass is 10.1. The summed E-state index contributed by atoms with van der Waals surface area (Å²) in [4.78, 5) is 6.28. The first kappa shape index (κ1) is 13.4. The quantitative estimate of drug-likeness (QED) is 0.630. The summed E-state index contributed by atoms with van der Waals surface area (Å²) < 4.78 is 5.86. The first-order chi connectivity index (χ1) is 10.3. The standard InChI is InChI=1S/C18H18N2O/c1-3-19-11-12-20(4-2)14-9-10-18-16(13-14)15-7-5-6-8-17(15)21-18/h3,5-13H,4H2,1-2H3/b12-11-,19-3?. The molecule has 0 unspecified atom stereocenters. The molecule has 0 aliphatic heterocycles. The Kier molecular flexibility index (Phi) is 3.73. The Bertz CT molecular complexity index is 814. The summed E-state index contributed by atoms with van der Waals surface area (Å²) in [7, 11) is 0. The molecule has 0 N–H and O–H groups in total. The van der Waals surface area contributed by atoms with E-state index in [1.807, 2.05) is 37.4 Å². The van der Waals surface area contributed by atoms with Gasteiger partial charge in [-0.15, -0.1) is 0 Å². The average Bonchev–Trinajstić information content (AvgIpc) is 2.89. The molecule has 3 heteroatoms. The van der Waals surface area contributed by atoms with E-state index in [0.717, 1.165) is 34.2 Å². The monoisotopic (exact) mass is 278 g/mol. The molecule has 0 aliphatic rings. The molecule has 3 rings (SSSR count). The molecular weight excluding hydrogens is 260 g/mol. The lowest BCUT2D eigenvalue weighted by Gasteiger charge is -2.17. The Hall–Kier alpha value is -2.55. The maximum absolute atomic E-state index is 5.86. The number of nitrogens with zero attached hydrogens (tertiary/aromatic N) is 2. The van der Waals surface area contributed by atoms with Crippen molar-refractivity contribution in [1.29, 1.82) is 0 Å². The number of para-hydroxylation sites is 1. The summed E-state index contributed by atoms with van der Waals surface area (Å²) in [6.07, 6.45) is 5.57. The normalized spacial score (nSPS) is 12.1. The minimum absolute atomic E-state index is 0.886. The second-order valence-corrected chi connectivity index (χ2v) is 4.77. The largest absolute Gasteiger partial charge is 0.456 e. The van der Waals surface area contributed by atoms with Crippen LogP contribution < -0.4 is 4.90 Å². The molecule has 3 nitrogen and oxygen atoms in total. The third-order valence-corrected chi connectivity index (χ3v) is 3.51. The number of fused-ring (bicyclic) bond motifs is 3. The van der Waals surface area contributed by atoms with Crippen molar-refractivity contribution >= 4 is 33.8 Å². The van der Waals surface area contributed by atoms with Gasteiger partial charge in [0.25, 0.3) is 0 Å². The summed E-state index contributed by atoms with van der Waals surface area (Å²) in [6.45, 7) is 4.92. The van der Waals surface area contributed by atoms with Gasteiger partial charge in [0, 0.05) is 41.6 Å². The van der Waals surface area contributed by atoms with Gasteiger partial charge in [-0.2, -0.15) is 0 Å². The lowest BCUT2D eigenvalue weighted by Crippen LogP contribution is -2.14. The summed E-state index contributed by atoms with van der Waals surface area (Å²) >= 11 is 0. The van der Waals surface area contributed by atoms with E-state index in [9.17, 15) is 0 Å². The second-order valence-electron chi connectivity index (χ2n) is 4.77. The maximum atomic E-state index is 5.86. The zero-order valence-corrected chi connectivity index (χ0v) is 12.3. The zero-order valence-electron chi connectivity index (χ0n) is 12.3. The molecule has 21 heavy (non-hydrogen) atoms. The molecule has 2 aromatic carbocycles. The molecule has 0 spiro atoms. The van der Waals surface area contributed by atoms with Crippen LogP contribution in [-0.2, 0) is 0 Å². The molecule has 0 radical (unpaired) electrons. The fourth-order valence-corrected chi connectivity index (χ4v) is 2.47. The van der Waals surface area contributed by atoms with Crippen LogP contribution in [0, 0.1) is 0 Å². The highest BCUT2D eigenvalue weighted by Crippen LogP contribution is 2.31. The van der Waals surface area contributed by atoms with Crippen molar-refractivity contribution in [3.05, 3.63) is 54.9 Å². The van der Waals surface area contributed by atoms with Gasteiger partial charge in [-0.1, -0.05) is 18.2 Å². The maximum Gasteiger partial charge on any atom is 0.135 e. The minimum atomic E-state index is 0.886. The molecule has 0 saturated carbocycles. The summed E-state index contributed by atoms with van der Waals surface area (Å²) in [5, 5.41) is 2.30. The summed E-state index contributed by atoms with van der Waals surface area (Å²) in [6, 6.07) is 14.4. The molecule has 1 heterocycles. The van der Waals surface area contributed by atoms with Gasteiger partial charge in [-0.05, 0) is 38.1 Å². The van der Waals surface area contributed by atoms with E-state index in [-0.39, 0.29) is 0 Å². The lowest BCUT2D eigenvalue weighted by molar-refractivity contribution is 0.669. The van der Waals surface area contributed by atoms with E-state index in [4.69, 9.17) is 4.42 Å². The number of anilines is 1. The summed E-state index contributed by atoms with van der Waals surface area (Å²) in [5.41, 5.74) is 2.99. The zero-order chi connectivity index (χ0) is 14.7. The Morgan fingerprint density at radius 3 is 2.71 bits per heavy atom. The van der Waals surface area contributed by atoms with Crippen LogP contribution in [-0.4, -0.2) is 12.8 Å². The molecule has 0 amide bonds. The fourth-order valence-electron chi connectivity index (χ4n) is 2.47. The van der Waals surface area contributed by atoms with Crippen LogP contribution in [0.3, 0.4) is 0 Å². The summed E-state index contributed by atoms with van der Waals surface area (Å²) in [5.74, 6) is 0. The minimum Gasteiger partial charge on any atom is -0.456 e. The number of hydrogen-bond acceptors (Lipinski definition) is 3. The van der Waals surface area contributed by atoms with Crippen molar-refractivity contribution in [1.82, 2.24) is 0 Å². The van der Waals surface area contributed by atoms with Crippen molar-refractivity contribution in [2.75, 3.05) is 11.4 Å². The van der Waals surface area contributed by atoms with E-state index in [1.165, 1.54) is 0 Å². The second kappa shape index (κ2) is 5.83. The van der Waals surface area contributed by atoms with Crippen LogP contribution in [0.2, 0.25) is 0 Å². The molecular formula is C18H18N2O. The number of hydrogen-bond donors (Lipinski definition) is 0. The van der Waals surface area contributed by atoms with Crippen LogP contribution in [0.5, 0.6) is 0 Å². The van der Waals surface area contributed by atoms with Crippen LogP contribution in [0.25, 0.3) is 21.9 Å². The van der Waals surface area contributed by atoms with Crippen molar-refractivity contribution in [2.45, 2.75) is 13.8 Å². The molecule has 0 atom stereocenters. The predicted molar refractivity (Wildman–Crippen MR) is 90.0 cm³/mol. The highest BCUT2D eigenvalue weighted by molar-refractivity contribution is 6.06. The first-order valence-corrected chi connectivity index (χ1v) is 7.16.